The second-order valence-electron chi connectivity index (χ2n) is 6.58. The average molecular weight is 469 g/mol. The molecular formula is C22H20N4O4S2. The summed E-state index contributed by atoms with van der Waals surface area (Å²) in [5, 5.41) is 14.8. The van der Waals surface area contributed by atoms with Crippen LogP contribution in [0.3, 0.4) is 0 Å². The first-order valence-electron chi connectivity index (χ1n) is 9.51. The molecular weight excluding hydrogens is 448 g/mol. The van der Waals surface area contributed by atoms with Gasteiger partial charge in [0.2, 0.25) is 10.9 Å². The van der Waals surface area contributed by atoms with Crippen LogP contribution in [0.15, 0.2) is 58.1 Å². The molecule has 0 atom stereocenters. The number of hydrogen-bond donors (Lipinski definition) is 1. The van der Waals surface area contributed by atoms with Crippen LogP contribution >= 0.6 is 23.5 Å². The van der Waals surface area contributed by atoms with Crippen molar-refractivity contribution in [2.75, 3.05) is 21.3 Å². The lowest BCUT2D eigenvalue weighted by Gasteiger charge is -2.20. The van der Waals surface area contributed by atoms with Gasteiger partial charge in [-0.05, 0) is 35.5 Å². The highest BCUT2D eigenvalue weighted by atomic mass is 32.2. The van der Waals surface area contributed by atoms with Gasteiger partial charge in [0, 0.05) is 11.3 Å². The zero-order valence-corrected chi connectivity index (χ0v) is 19.3. The first-order valence-corrected chi connectivity index (χ1v) is 11.3. The molecule has 0 saturated heterocycles. The van der Waals surface area contributed by atoms with Crippen LogP contribution in [0, 0.1) is 5.41 Å². The SMILES string of the molecule is COc1ccc(C=C2C(=N)N3N=C(SCc4ccccc4)SC3=NC2=O)c(OC)c1OC. The molecule has 4 rings (SSSR count). The van der Waals surface area contributed by atoms with Gasteiger partial charge in [0.15, 0.2) is 21.7 Å². The molecule has 2 aliphatic heterocycles. The van der Waals surface area contributed by atoms with Gasteiger partial charge in [-0.1, -0.05) is 42.1 Å². The van der Waals surface area contributed by atoms with Crippen LogP contribution in [0.1, 0.15) is 11.1 Å². The molecule has 0 fully saturated rings. The van der Waals surface area contributed by atoms with Crippen molar-refractivity contribution in [3.8, 4) is 17.2 Å². The lowest BCUT2D eigenvalue weighted by Crippen LogP contribution is -2.35. The number of fused-ring (bicyclic) bond motifs is 1. The standard InChI is InChI=1S/C22H20N4O4S2/c1-28-16-10-9-14(17(29-2)18(16)30-3)11-15-19(23)26-21(24-20(15)27)32-22(25-26)31-12-13-7-5-4-6-8-13/h4-11,23H,12H2,1-3H3. The van der Waals surface area contributed by atoms with Crippen molar-refractivity contribution >= 4 is 50.9 Å². The van der Waals surface area contributed by atoms with Gasteiger partial charge in [-0.3, -0.25) is 10.2 Å². The predicted molar refractivity (Wildman–Crippen MR) is 129 cm³/mol. The fourth-order valence-electron chi connectivity index (χ4n) is 3.15. The van der Waals surface area contributed by atoms with E-state index in [0.29, 0.717) is 28.0 Å². The maximum absolute atomic E-state index is 12.7. The van der Waals surface area contributed by atoms with E-state index in [1.165, 1.54) is 55.4 Å². The summed E-state index contributed by atoms with van der Waals surface area (Å²) in [6.45, 7) is 0. The molecule has 1 N–H and O–H groups in total. The third-order valence-electron chi connectivity index (χ3n) is 4.68. The van der Waals surface area contributed by atoms with Crippen LogP contribution in [0.25, 0.3) is 6.08 Å². The highest BCUT2D eigenvalue weighted by Gasteiger charge is 2.36. The second kappa shape index (κ2) is 9.49. The van der Waals surface area contributed by atoms with E-state index in [2.05, 4.69) is 10.1 Å². The number of nitrogens with zero attached hydrogens (tertiary/aromatic N) is 3. The Morgan fingerprint density at radius 3 is 2.50 bits per heavy atom. The number of carbonyl (C=O) groups is 1. The number of nitrogens with one attached hydrogen (secondary N) is 1. The van der Waals surface area contributed by atoms with Gasteiger partial charge in [0.05, 0.1) is 26.9 Å². The molecule has 0 saturated carbocycles. The fraction of sp³-hybridized carbons (Fsp3) is 0.182. The Labute approximate surface area is 193 Å². The Balaban J connectivity index is 1.61. The number of amides is 1. The number of amidine groups is 2. The van der Waals surface area contributed by atoms with Crippen molar-refractivity contribution in [1.82, 2.24) is 5.01 Å². The highest BCUT2D eigenvalue weighted by Crippen LogP contribution is 2.41. The molecule has 0 radical (unpaired) electrons. The molecule has 1 amide bonds. The van der Waals surface area contributed by atoms with Crippen molar-refractivity contribution in [2.45, 2.75) is 5.75 Å². The number of hydrazone groups is 1. The van der Waals surface area contributed by atoms with Crippen LogP contribution < -0.4 is 14.2 Å². The summed E-state index contributed by atoms with van der Waals surface area (Å²) in [5.41, 5.74) is 1.84. The van der Waals surface area contributed by atoms with E-state index in [0.717, 1.165) is 10.1 Å². The van der Waals surface area contributed by atoms with E-state index in [-0.39, 0.29) is 11.4 Å². The minimum absolute atomic E-state index is 0.0420. The monoisotopic (exact) mass is 468 g/mol. The Bertz CT molecular complexity index is 1160. The molecule has 0 unspecified atom stereocenters. The van der Waals surface area contributed by atoms with Crippen LogP contribution in [0.5, 0.6) is 17.2 Å². The van der Waals surface area contributed by atoms with E-state index in [4.69, 9.17) is 19.6 Å². The number of rotatable bonds is 6. The summed E-state index contributed by atoms with van der Waals surface area (Å²) in [4.78, 5) is 16.9. The molecule has 0 bridgehead atoms. The Hall–Kier alpha value is -3.24. The number of methoxy groups -OCH3 is 3. The van der Waals surface area contributed by atoms with Gasteiger partial charge in [-0.15, -0.1) is 5.10 Å². The van der Waals surface area contributed by atoms with Crippen LogP contribution in [0.4, 0.5) is 0 Å². The average Bonchev–Trinajstić information content (AvgIpc) is 3.23. The lowest BCUT2D eigenvalue weighted by atomic mass is 10.1. The smallest absolute Gasteiger partial charge is 0.283 e. The van der Waals surface area contributed by atoms with Crippen molar-refractivity contribution in [3.63, 3.8) is 0 Å². The normalized spacial score (nSPS) is 16.6. The summed E-state index contributed by atoms with van der Waals surface area (Å²) in [5.74, 6) is 1.48. The fourth-order valence-corrected chi connectivity index (χ4v) is 5.03. The third kappa shape index (κ3) is 4.23. The summed E-state index contributed by atoms with van der Waals surface area (Å²) >= 11 is 2.83. The van der Waals surface area contributed by atoms with Gasteiger partial charge < -0.3 is 14.2 Å². The van der Waals surface area contributed by atoms with Gasteiger partial charge in [0.1, 0.15) is 0 Å². The second-order valence-corrected chi connectivity index (χ2v) is 8.76. The molecule has 164 valence electrons. The van der Waals surface area contributed by atoms with Gasteiger partial charge in [-0.25, -0.2) is 0 Å². The number of hydrogen-bond acceptors (Lipinski definition) is 8. The molecule has 2 heterocycles. The van der Waals surface area contributed by atoms with Crippen LogP contribution in [0.2, 0.25) is 0 Å². The molecule has 2 aromatic rings. The van der Waals surface area contributed by atoms with Crippen molar-refractivity contribution in [2.24, 2.45) is 10.1 Å². The van der Waals surface area contributed by atoms with E-state index in [1.807, 2.05) is 30.3 Å². The number of ether oxygens (including phenoxy) is 3. The van der Waals surface area contributed by atoms with Gasteiger partial charge in [-0.2, -0.15) is 10.0 Å². The predicted octanol–water partition coefficient (Wildman–Crippen LogP) is 4.22. The first-order chi connectivity index (χ1) is 15.5. The summed E-state index contributed by atoms with van der Waals surface area (Å²) in [6.07, 6.45) is 1.56. The molecule has 0 aromatic heterocycles. The van der Waals surface area contributed by atoms with Crippen LogP contribution in [-0.4, -0.2) is 47.6 Å². The summed E-state index contributed by atoms with van der Waals surface area (Å²) in [7, 11) is 4.54. The van der Waals surface area contributed by atoms with E-state index in [9.17, 15) is 4.79 Å². The topological polar surface area (TPSA) is 96.6 Å². The minimum atomic E-state index is -0.505. The lowest BCUT2D eigenvalue weighted by molar-refractivity contribution is -0.114. The van der Waals surface area contributed by atoms with Crippen LogP contribution in [-0.2, 0) is 10.5 Å². The summed E-state index contributed by atoms with van der Waals surface area (Å²) < 4.78 is 16.9. The van der Waals surface area contributed by atoms with Crippen molar-refractivity contribution in [3.05, 3.63) is 59.2 Å². The Morgan fingerprint density at radius 2 is 1.81 bits per heavy atom. The number of benzene rings is 2. The van der Waals surface area contributed by atoms with E-state index >= 15 is 0 Å². The Morgan fingerprint density at radius 1 is 1.06 bits per heavy atom. The molecule has 2 aromatic carbocycles. The van der Waals surface area contributed by atoms with E-state index < -0.39 is 5.91 Å². The molecule has 0 spiro atoms. The maximum Gasteiger partial charge on any atom is 0.283 e. The Kier molecular flexibility index (Phi) is 6.52. The van der Waals surface area contributed by atoms with Gasteiger partial charge >= 0.3 is 0 Å². The molecule has 0 aliphatic carbocycles. The summed E-state index contributed by atoms with van der Waals surface area (Å²) in [6, 6.07) is 13.5. The number of carbonyl (C=O) groups excluding carboxylic acids is 1. The first kappa shape index (κ1) is 22.0. The molecule has 10 heteroatoms. The zero-order chi connectivity index (χ0) is 22.7. The zero-order valence-electron chi connectivity index (χ0n) is 17.6. The molecule has 32 heavy (non-hydrogen) atoms. The minimum Gasteiger partial charge on any atom is -0.493 e. The van der Waals surface area contributed by atoms with E-state index in [1.54, 1.807) is 18.2 Å². The quantitative estimate of drug-likeness (QED) is 0.634. The maximum atomic E-state index is 12.7. The number of thioether (sulfide) groups is 2. The molecule has 2 aliphatic rings. The number of aliphatic imine (C=N–C) groups is 1. The third-order valence-corrected chi connectivity index (χ3v) is 6.79. The largest absolute Gasteiger partial charge is 0.493 e. The van der Waals surface area contributed by atoms with Gasteiger partial charge in [0.25, 0.3) is 5.91 Å². The van der Waals surface area contributed by atoms with Crippen molar-refractivity contribution in [1.29, 1.82) is 5.41 Å². The van der Waals surface area contributed by atoms with Crippen molar-refractivity contribution < 1.29 is 19.0 Å². The highest BCUT2D eigenvalue weighted by molar-refractivity contribution is 8.45. The molecule has 8 nitrogen and oxygen atoms in total.